The maximum absolute atomic E-state index is 12.1. The number of amides is 1. The van der Waals surface area contributed by atoms with Crippen LogP contribution in [0.15, 0.2) is 41.8 Å². The number of hydrogen-bond donors (Lipinski definition) is 2. The highest BCUT2D eigenvalue weighted by molar-refractivity contribution is 7.10. The van der Waals surface area contributed by atoms with Crippen molar-refractivity contribution in [1.82, 2.24) is 5.32 Å². The maximum atomic E-state index is 12.1. The molecular weight excluding hydrogens is 316 g/mol. The fraction of sp³-hybridized carbons (Fsp3) is 0.450. The number of likely N-dealkylation sites (N-methyl/N-ethyl adjacent to an activating group) is 1. The Labute approximate surface area is 149 Å². The molecule has 24 heavy (non-hydrogen) atoms. The molecule has 0 saturated heterocycles. The van der Waals surface area contributed by atoms with Crippen LogP contribution in [0.2, 0.25) is 0 Å². The quantitative estimate of drug-likeness (QED) is 0.756. The number of rotatable bonds is 8. The summed E-state index contributed by atoms with van der Waals surface area (Å²) in [4.78, 5) is 13.4. The molecule has 0 radical (unpaired) electrons. The monoisotopic (exact) mass is 345 g/mol. The molecule has 0 aliphatic rings. The Morgan fingerprint density at radius 1 is 1.12 bits per heavy atom. The van der Waals surface area contributed by atoms with E-state index in [2.05, 4.69) is 66.3 Å². The van der Waals surface area contributed by atoms with Crippen molar-refractivity contribution in [3.8, 4) is 0 Å². The standard InChI is InChI=1S/C20H28N2OS/c1-5-14(3)16-9-11-17(12-10-16)19(18-8-7-13-24-18)22-15(4)20(23)21-6-2/h7-15,19,22H,5-6H2,1-4H3,(H,21,23)/p+1/t14-,15-,19+/m0/s1. The second kappa shape index (κ2) is 9.00. The van der Waals surface area contributed by atoms with Crippen LogP contribution in [0.4, 0.5) is 0 Å². The largest absolute Gasteiger partial charge is 0.351 e. The lowest BCUT2D eigenvalue weighted by molar-refractivity contribution is -0.704. The van der Waals surface area contributed by atoms with Gasteiger partial charge in [0.15, 0.2) is 6.04 Å². The van der Waals surface area contributed by atoms with Gasteiger partial charge in [-0.1, -0.05) is 44.2 Å². The molecule has 0 spiro atoms. The number of benzene rings is 1. The number of hydrogen-bond acceptors (Lipinski definition) is 2. The molecule has 2 rings (SSSR count). The van der Waals surface area contributed by atoms with E-state index >= 15 is 0 Å². The molecule has 130 valence electrons. The first-order chi connectivity index (χ1) is 11.6. The van der Waals surface area contributed by atoms with Crippen LogP contribution >= 0.6 is 11.3 Å². The van der Waals surface area contributed by atoms with Crippen LogP contribution < -0.4 is 10.6 Å². The summed E-state index contributed by atoms with van der Waals surface area (Å²) in [6, 6.07) is 13.2. The Kier molecular flexibility index (Phi) is 7.00. The highest BCUT2D eigenvalue weighted by Crippen LogP contribution is 2.25. The van der Waals surface area contributed by atoms with Gasteiger partial charge in [-0.05, 0) is 43.2 Å². The average Bonchev–Trinajstić information content (AvgIpc) is 3.13. The molecule has 1 aromatic heterocycles. The molecule has 3 N–H and O–H groups in total. The van der Waals surface area contributed by atoms with E-state index in [1.54, 1.807) is 11.3 Å². The number of nitrogens with one attached hydrogen (secondary N) is 1. The van der Waals surface area contributed by atoms with Crippen molar-refractivity contribution in [2.45, 2.75) is 52.1 Å². The van der Waals surface area contributed by atoms with Gasteiger partial charge in [0.1, 0.15) is 6.04 Å². The molecular formula is C20H29N2OS+. The van der Waals surface area contributed by atoms with Crippen LogP contribution in [0.1, 0.15) is 62.1 Å². The zero-order valence-corrected chi connectivity index (χ0v) is 15.9. The Hall–Kier alpha value is -1.65. The van der Waals surface area contributed by atoms with E-state index in [1.165, 1.54) is 16.0 Å². The summed E-state index contributed by atoms with van der Waals surface area (Å²) in [6.07, 6.45) is 1.15. The van der Waals surface area contributed by atoms with Crippen molar-refractivity contribution in [1.29, 1.82) is 0 Å². The number of thiophene rings is 1. The van der Waals surface area contributed by atoms with Crippen molar-refractivity contribution in [2.75, 3.05) is 6.54 Å². The van der Waals surface area contributed by atoms with Crippen LogP contribution in [0.25, 0.3) is 0 Å². The lowest BCUT2D eigenvalue weighted by Crippen LogP contribution is -2.92. The van der Waals surface area contributed by atoms with Gasteiger partial charge in [-0.25, -0.2) is 0 Å². The fourth-order valence-corrected chi connectivity index (χ4v) is 3.65. The molecule has 4 heteroatoms. The van der Waals surface area contributed by atoms with Crippen molar-refractivity contribution in [2.24, 2.45) is 0 Å². The third-order valence-corrected chi connectivity index (χ3v) is 5.53. The highest BCUT2D eigenvalue weighted by atomic mass is 32.1. The molecule has 0 bridgehead atoms. The molecule has 0 aliphatic carbocycles. The Balaban J connectivity index is 2.22. The first kappa shape index (κ1) is 18.7. The van der Waals surface area contributed by atoms with Crippen LogP contribution in [-0.4, -0.2) is 18.5 Å². The van der Waals surface area contributed by atoms with Gasteiger partial charge < -0.3 is 10.6 Å². The van der Waals surface area contributed by atoms with Crippen LogP contribution in [0.3, 0.4) is 0 Å². The van der Waals surface area contributed by atoms with Gasteiger partial charge in [0.05, 0.1) is 4.88 Å². The summed E-state index contributed by atoms with van der Waals surface area (Å²) in [7, 11) is 0. The van der Waals surface area contributed by atoms with E-state index in [0.717, 1.165) is 6.42 Å². The highest BCUT2D eigenvalue weighted by Gasteiger charge is 2.25. The predicted octanol–water partition coefficient (Wildman–Crippen LogP) is 3.44. The van der Waals surface area contributed by atoms with E-state index in [0.29, 0.717) is 12.5 Å². The van der Waals surface area contributed by atoms with Gasteiger partial charge >= 0.3 is 0 Å². The minimum atomic E-state index is -0.119. The van der Waals surface area contributed by atoms with Gasteiger partial charge in [-0.15, -0.1) is 11.3 Å². The fourth-order valence-electron chi connectivity index (χ4n) is 2.82. The third-order valence-electron chi connectivity index (χ3n) is 4.57. The number of nitrogens with two attached hydrogens (primary N) is 1. The third kappa shape index (κ3) is 4.68. The normalized spacial score (nSPS) is 14.8. The van der Waals surface area contributed by atoms with Gasteiger partial charge in [0, 0.05) is 12.1 Å². The zero-order chi connectivity index (χ0) is 17.5. The molecule has 0 unspecified atom stereocenters. The number of quaternary nitrogens is 1. The molecule has 1 aromatic carbocycles. The number of carbonyl (C=O) groups is 1. The minimum absolute atomic E-state index is 0.0929. The molecule has 0 saturated carbocycles. The molecule has 3 nitrogen and oxygen atoms in total. The summed E-state index contributed by atoms with van der Waals surface area (Å²) >= 11 is 1.74. The second-order valence-corrected chi connectivity index (χ2v) is 7.32. The number of carbonyl (C=O) groups excluding carboxylic acids is 1. The summed E-state index contributed by atoms with van der Waals surface area (Å²) in [5, 5.41) is 7.17. The lowest BCUT2D eigenvalue weighted by atomic mass is 9.95. The smallest absolute Gasteiger partial charge is 0.277 e. The summed E-state index contributed by atoms with van der Waals surface area (Å²) in [5.41, 5.74) is 2.63. The van der Waals surface area contributed by atoms with Crippen molar-refractivity contribution < 1.29 is 10.1 Å². The zero-order valence-electron chi connectivity index (χ0n) is 15.1. The van der Waals surface area contributed by atoms with E-state index in [1.807, 2.05) is 13.8 Å². The lowest BCUT2D eigenvalue weighted by Gasteiger charge is -2.20. The Bertz CT molecular complexity index is 622. The van der Waals surface area contributed by atoms with Crippen molar-refractivity contribution in [3.05, 3.63) is 57.8 Å². The molecule has 0 fully saturated rings. The first-order valence-electron chi connectivity index (χ1n) is 8.82. The van der Waals surface area contributed by atoms with E-state index in [9.17, 15) is 4.79 Å². The minimum Gasteiger partial charge on any atom is -0.351 e. The van der Waals surface area contributed by atoms with E-state index in [-0.39, 0.29) is 18.0 Å². The molecule has 0 aliphatic heterocycles. The maximum Gasteiger partial charge on any atom is 0.277 e. The van der Waals surface area contributed by atoms with Gasteiger partial charge in [-0.3, -0.25) is 4.79 Å². The molecule has 1 amide bonds. The Morgan fingerprint density at radius 2 is 1.79 bits per heavy atom. The van der Waals surface area contributed by atoms with Gasteiger partial charge in [0.2, 0.25) is 0 Å². The summed E-state index contributed by atoms with van der Waals surface area (Å²) in [6.45, 7) is 9.07. The topological polar surface area (TPSA) is 45.7 Å². The summed E-state index contributed by atoms with van der Waals surface area (Å²) < 4.78 is 0. The van der Waals surface area contributed by atoms with Crippen molar-refractivity contribution >= 4 is 17.2 Å². The average molecular weight is 346 g/mol. The van der Waals surface area contributed by atoms with E-state index in [4.69, 9.17) is 0 Å². The van der Waals surface area contributed by atoms with Crippen molar-refractivity contribution in [3.63, 3.8) is 0 Å². The summed E-state index contributed by atoms with van der Waals surface area (Å²) in [5.74, 6) is 0.674. The molecule has 2 aromatic rings. The first-order valence-corrected chi connectivity index (χ1v) is 9.70. The molecule has 3 atom stereocenters. The van der Waals surface area contributed by atoms with Crippen LogP contribution in [0, 0.1) is 0 Å². The van der Waals surface area contributed by atoms with Crippen LogP contribution in [0.5, 0.6) is 0 Å². The van der Waals surface area contributed by atoms with E-state index < -0.39 is 0 Å². The Morgan fingerprint density at radius 3 is 2.33 bits per heavy atom. The van der Waals surface area contributed by atoms with Gasteiger partial charge in [0.25, 0.3) is 5.91 Å². The molecule has 1 heterocycles. The second-order valence-electron chi connectivity index (χ2n) is 6.34. The van der Waals surface area contributed by atoms with Gasteiger partial charge in [-0.2, -0.15) is 0 Å². The SMILES string of the molecule is CCNC(=O)[C@H](C)[NH2+][C@H](c1ccc([C@@H](C)CC)cc1)c1cccs1. The predicted molar refractivity (Wildman–Crippen MR) is 101 cm³/mol. The van der Waals surface area contributed by atoms with Crippen LogP contribution in [-0.2, 0) is 4.79 Å².